The van der Waals surface area contributed by atoms with Crippen molar-refractivity contribution in [2.75, 3.05) is 19.0 Å². The highest BCUT2D eigenvalue weighted by atomic mass is 35.5. The van der Waals surface area contributed by atoms with E-state index in [1.54, 1.807) is 30.3 Å². The highest BCUT2D eigenvalue weighted by Crippen LogP contribution is 2.60. The zero-order chi connectivity index (χ0) is 20.3. The Morgan fingerprint density at radius 1 is 1.07 bits per heavy atom. The number of rotatable bonds is 6. The molecule has 0 amide bonds. The lowest BCUT2D eigenvalue weighted by molar-refractivity contribution is 0.137. The van der Waals surface area contributed by atoms with Crippen LogP contribution < -0.4 is 10.2 Å². The number of hydrogen-bond donors (Lipinski definition) is 1. The van der Waals surface area contributed by atoms with Crippen LogP contribution in [0.25, 0.3) is 0 Å². The average molecular weight is 442 g/mol. The summed E-state index contributed by atoms with van der Waals surface area (Å²) in [7, 11) is 0.244. The predicted molar refractivity (Wildman–Crippen MR) is 117 cm³/mol. The zero-order valence-corrected chi connectivity index (χ0v) is 18.6. The lowest BCUT2D eigenvalue weighted by Crippen LogP contribution is -2.22. The van der Waals surface area contributed by atoms with Gasteiger partial charge in [0, 0.05) is 40.7 Å². The number of aliphatic hydroxyl groups is 1. The van der Waals surface area contributed by atoms with Crippen LogP contribution in [0.1, 0.15) is 43.5 Å². The largest absolute Gasteiger partial charge is 0.378 e. The van der Waals surface area contributed by atoms with Crippen molar-refractivity contribution in [3.63, 3.8) is 0 Å². The Morgan fingerprint density at radius 2 is 1.71 bits per heavy atom. The third-order valence-electron chi connectivity index (χ3n) is 5.15. The molecule has 0 heterocycles. The fourth-order valence-electron chi connectivity index (χ4n) is 3.50. The minimum atomic E-state index is -3.64. The van der Waals surface area contributed by atoms with Gasteiger partial charge in [0.2, 0.25) is 0 Å². The normalized spacial score (nSPS) is 18.5. The molecule has 0 saturated heterocycles. The summed E-state index contributed by atoms with van der Waals surface area (Å²) >= 11 is 12.3. The number of halogens is 2. The van der Waals surface area contributed by atoms with Crippen molar-refractivity contribution in [1.82, 2.24) is 0 Å². The molecule has 7 heteroatoms. The van der Waals surface area contributed by atoms with Gasteiger partial charge in [-0.1, -0.05) is 48.5 Å². The second-order valence-corrected chi connectivity index (χ2v) is 10.7. The summed E-state index contributed by atoms with van der Waals surface area (Å²) < 4.78 is 20.3. The lowest BCUT2D eigenvalue weighted by atomic mass is 9.98. The van der Waals surface area contributed by atoms with Gasteiger partial charge >= 0.3 is 0 Å². The van der Waals surface area contributed by atoms with Crippen molar-refractivity contribution in [3.8, 4) is 0 Å². The Kier molecular flexibility index (Phi) is 7.12. The van der Waals surface area contributed by atoms with Gasteiger partial charge in [0.25, 0.3) is 7.37 Å². The second kappa shape index (κ2) is 9.19. The molecule has 0 spiro atoms. The molecule has 2 aromatic carbocycles. The average Bonchev–Trinajstić information content (AvgIpc) is 2.68. The first-order valence-corrected chi connectivity index (χ1v) is 12.0. The summed E-state index contributed by atoms with van der Waals surface area (Å²) in [4.78, 5) is 1.96. The van der Waals surface area contributed by atoms with Crippen LogP contribution >= 0.6 is 30.6 Å². The molecule has 1 aliphatic carbocycles. The Labute approximate surface area is 176 Å². The molecule has 0 aromatic heterocycles. The molecule has 2 atom stereocenters. The van der Waals surface area contributed by atoms with Crippen LogP contribution in [0.15, 0.2) is 42.5 Å². The monoisotopic (exact) mass is 441 g/mol. The maximum atomic E-state index is 14.1. The molecule has 0 radical (unpaired) electrons. The predicted octanol–water partition coefficient (Wildman–Crippen LogP) is 6.00. The Bertz CT molecular complexity index is 851. The minimum absolute atomic E-state index is 0.131. The molecule has 1 fully saturated rings. The minimum Gasteiger partial charge on any atom is -0.378 e. The van der Waals surface area contributed by atoms with Gasteiger partial charge in [0.1, 0.15) is 0 Å². The van der Waals surface area contributed by atoms with E-state index >= 15 is 0 Å². The van der Waals surface area contributed by atoms with Gasteiger partial charge in [0.15, 0.2) is 5.85 Å². The van der Waals surface area contributed by atoms with E-state index in [0.29, 0.717) is 15.9 Å². The number of nitrogens with zero attached hydrogens (tertiary/aromatic N) is 1. The van der Waals surface area contributed by atoms with Gasteiger partial charge in [-0.3, -0.25) is 4.57 Å². The maximum Gasteiger partial charge on any atom is 0.264 e. The van der Waals surface area contributed by atoms with Crippen molar-refractivity contribution in [2.45, 2.75) is 44.1 Å². The molecule has 2 aromatic rings. The van der Waals surface area contributed by atoms with Crippen LogP contribution in [0.5, 0.6) is 0 Å². The van der Waals surface area contributed by atoms with Crippen LogP contribution in [0.3, 0.4) is 0 Å². The van der Waals surface area contributed by atoms with E-state index < -0.39 is 13.2 Å². The first-order chi connectivity index (χ1) is 13.3. The highest BCUT2D eigenvalue weighted by molar-refractivity contribution is 7.67. The van der Waals surface area contributed by atoms with Gasteiger partial charge in [-0.15, -0.1) is 0 Å². The van der Waals surface area contributed by atoms with Gasteiger partial charge in [0.05, 0.1) is 6.10 Å². The number of anilines is 1. The zero-order valence-electron chi connectivity index (χ0n) is 16.1. The molecule has 0 unspecified atom stereocenters. The highest BCUT2D eigenvalue weighted by Gasteiger charge is 2.40. The van der Waals surface area contributed by atoms with Gasteiger partial charge < -0.3 is 14.5 Å². The molecular formula is C21H26Cl2NO3P. The smallest absolute Gasteiger partial charge is 0.264 e. The molecule has 3 rings (SSSR count). The third-order valence-corrected chi connectivity index (χ3v) is 8.26. The molecule has 0 aliphatic heterocycles. The summed E-state index contributed by atoms with van der Waals surface area (Å²) in [6.07, 6.45) is 4.81. The van der Waals surface area contributed by atoms with Crippen LogP contribution in [0.2, 0.25) is 10.0 Å². The van der Waals surface area contributed by atoms with Crippen molar-refractivity contribution in [1.29, 1.82) is 0 Å². The van der Waals surface area contributed by atoms with Crippen molar-refractivity contribution in [2.24, 2.45) is 0 Å². The number of aliphatic hydroxyl groups excluding tert-OH is 1. The van der Waals surface area contributed by atoms with E-state index in [1.165, 1.54) is 0 Å². The van der Waals surface area contributed by atoms with Crippen LogP contribution in [-0.2, 0) is 9.09 Å². The first-order valence-electron chi connectivity index (χ1n) is 9.50. The Hall–Kier alpha value is -1.03. The third kappa shape index (κ3) is 4.75. The van der Waals surface area contributed by atoms with Crippen molar-refractivity contribution >= 4 is 41.6 Å². The summed E-state index contributed by atoms with van der Waals surface area (Å²) in [5.41, 5.74) is 1.34. The van der Waals surface area contributed by atoms with E-state index in [9.17, 15) is 9.67 Å². The summed E-state index contributed by atoms with van der Waals surface area (Å²) in [5, 5.41) is 12.4. The molecule has 28 heavy (non-hydrogen) atoms. The molecule has 1 N–H and O–H groups in total. The van der Waals surface area contributed by atoms with E-state index in [0.717, 1.165) is 37.8 Å². The number of hydrogen-bond acceptors (Lipinski definition) is 4. The van der Waals surface area contributed by atoms with Gasteiger partial charge in [-0.05, 0) is 49.2 Å². The van der Waals surface area contributed by atoms with E-state index in [-0.39, 0.29) is 11.1 Å². The molecule has 152 valence electrons. The van der Waals surface area contributed by atoms with Crippen molar-refractivity contribution in [3.05, 3.63) is 58.1 Å². The summed E-state index contributed by atoms with van der Waals surface area (Å²) in [6, 6.07) is 12.1. The second-order valence-electron chi connectivity index (χ2n) is 7.41. The van der Waals surface area contributed by atoms with E-state index in [2.05, 4.69) is 0 Å². The van der Waals surface area contributed by atoms with E-state index in [1.807, 2.05) is 31.1 Å². The molecule has 1 aliphatic rings. The summed E-state index contributed by atoms with van der Waals surface area (Å²) in [6.45, 7) is 0. The molecular weight excluding hydrogens is 416 g/mol. The fraction of sp³-hybridized carbons (Fsp3) is 0.429. The molecule has 1 saturated carbocycles. The summed E-state index contributed by atoms with van der Waals surface area (Å²) in [5.74, 6) is -1.36. The van der Waals surface area contributed by atoms with Gasteiger partial charge in [-0.2, -0.15) is 0 Å². The quantitative estimate of drug-likeness (QED) is 0.558. The lowest BCUT2D eigenvalue weighted by Gasteiger charge is -2.31. The fourth-order valence-corrected chi connectivity index (χ4v) is 6.42. The number of benzene rings is 2. The first kappa shape index (κ1) is 21.7. The van der Waals surface area contributed by atoms with Crippen LogP contribution in [0.4, 0.5) is 5.69 Å². The van der Waals surface area contributed by atoms with Crippen LogP contribution in [-0.4, -0.2) is 25.3 Å². The topological polar surface area (TPSA) is 49.8 Å². The Morgan fingerprint density at radius 3 is 2.29 bits per heavy atom. The SMILES string of the molecule is CN(C)c1ccc([P@@](=O)(OC2CCCCC2)[C@H](O)c2ccc(Cl)cc2Cl)cc1. The van der Waals surface area contributed by atoms with Crippen molar-refractivity contribution < 1.29 is 14.2 Å². The van der Waals surface area contributed by atoms with Gasteiger partial charge in [-0.25, -0.2) is 0 Å². The molecule has 4 nitrogen and oxygen atoms in total. The van der Waals surface area contributed by atoms with E-state index in [4.69, 9.17) is 27.7 Å². The van der Waals surface area contributed by atoms with Crippen LogP contribution in [0, 0.1) is 0 Å². The Balaban J connectivity index is 2.01. The standard InChI is InChI=1S/C21H26Cl2NO3P/c1-24(2)16-9-11-18(12-10-16)28(26,27-17-6-4-3-5-7-17)21(25)19-13-8-15(22)14-20(19)23/h8-14,17,21,25H,3-7H2,1-2H3/t21-,28+/m0/s1. The maximum absolute atomic E-state index is 14.1. The molecule has 0 bridgehead atoms.